The molecule has 1 aliphatic heterocycles. The van der Waals surface area contributed by atoms with E-state index in [0.717, 1.165) is 24.2 Å². The highest BCUT2D eigenvalue weighted by molar-refractivity contribution is 5.22. The molecule has 14 heavy (non-hydrogen) atoms. The van der Waals surface area contributed by atoms with E-state index in [0.29, 0.717) is 5.92 Å². The number of rotatable bonds is 2. The van der Waals surface area contributed by atoms with Crippen LogP contribution in [0.15, 0.2) is 4.52 Å². The van der Waals surface area contributed by atoms with Gasteiger partial charge in [-0.05, 0) is 25.3 Å². The summed E-state index contributed by atoms with van der Waals surface area (Å²) in [6, 6.07) is 0. The summed E-state index contributed by atoms with van der Waals surface area (Å²) in [7, 11) is 0. The number of aromatic nitrogens is 2. The van der Waals surface area contributed by atoms with Gasteiger partial charge < -0.3 is 9.84 Å². The predicted molar refractivity (Wildman–Crippen MR) is 50.8 cm³/mol. The normalized spacial score (nSPS) is 34.9. The zero-order chi connectivity index (χ0) is 9.76. The number of fused-ring (bicyclic) bond motifs is 1. The molecule has 2 atom stereocenters. The molecule has 2 aliphatic rings. The van der Waals surface area contributed by atoms with E-state index in [1.165, 1.54) is 12.8 Å². The topological polar surface area (TPSA) is 51.0 Å². The van der Waals surface area contributed by atoms with E-state index >= 15 is 0 Å². The second kappa shape index (κ2) is 2.57. The summed E-state index contributed by atoms with van der Waals surface area (Å²) in [5, 5.41) is 7.49. The molecule has 76 valence electrons. The molecular weight excluding hydrogens is 178 g/mol. The summed E-state index contributed by atoms with van der Waals surface area (Å²) in [6.45, 7) is 5.25. The van der Waals surface area contributed by atoms with E-state index in [9.17, 15) is 0 Å². The highest BCUT2D eigenvalue weighted by Gasteiger charge is 2.62. The molecule has 0 radical (unpaired) electrons. The molecule has 1 aliphatic carbocycles. The molecule has 2 heterocycles. The van der Waals surface area contributed by atoms with Crippen molar-refractivity contribution in [1.82, 2.24) is 15.5 Å². The molecule has 0 spiro atoms. The second-order valence-corrected chi connectivity index (χ2v) is 4.70. The van der Waals surface area contributed by atoms with Crippen molar-refractivity contribution in [3.63, 3.8) is 0 Å². The van der Waals surface area contributed by atoms with Gasteiger partial charge in [0.25, 0.3) is 0 Å². The summed E-state index contributed by atoms with van der Waals surface area (Å²) in [5.41, 5.74) is 0.0696. The van der Waals surface area contributed by atoms with Crippen LogP contribution in [0.3, 0.4) is 0 Å². The van der Waals surface area contributed by atoms with Gasteiger partial charge in [0.15, 0.2) is 5.82 Å². The van der Waals surface area contributed by atoms with E-state index in [-0.39, 0.29) is 5.54 Å². The molecule has 0 amide bonds. The highest BCUT2D eigenvalue weighted by Crippen LogP contribution is 2.56. The van der Waals surface area contributed by atoms with Gasteiger partial charge in [0.1, 0.15) is 5.54 Å². The third-order valence-electron chi connectivity index (χ3n) is 3.38. The fraction of sp³-hybridized carbons (Fsp3) is 0.800. The van der Waals surface area contributed by atoms with Crippen LogP contribution < -0.4 is 5.32 Å². The standard InChI is InChI=1S/C10H15N3O/c1-6(2)8-12-9(14-13-8)10-5-7(10)3-4-11-10/h6-7,11H,3-5H2,1-2H3/t7-,10+/m1/s1. The second-order valence-electron chi connectivity index (χ2n) is 4.70. The summed E-state index contributed by atoms with van der Waals surface area (Å²) in [5.74, 6) is 2.72. The Bertz CT molecular complexity index is 360. The van der Waals surface area contributed by atoms with E-state index in [4.69, 9.17) is 4.52 Å². The summed E-state index contributed by atoms with van der Waals surface area (Å²) in [6.07, 6.45) is 2.42. The van der Waals surface area contributed by atoms with Gasteiger partial charge in [-0.3, -0.25) is 0 Å². The van der Waals surface area contributed by atoms with Crippen LogP contribution in [-0.4, -0.2) is 16.7 Å². The van der Waals surface area contributed by atoms with Gasteiger partial charge in [0, 0.05) is 5.92 Å². The largest absolute Gasteiger partial charge is 0.337 e. The highest BCUT2D eigenvalue weighted by atomic mass is 16.5. The molecule has 1 saturated heterocycles. The van der Waals surface area contributed by atoms with Gasteiger partial charge in [-0.15, -0.1) is 0 Å². The van der Waals surface area contributed by atoms with Crippen LogP contribution in [0.2, 0.25) is 0 Å². The minimum atomic E-state index is 0.0696. The van der Waals surface area contributed by atoms with Crippen molar-refractivity contribution in [2.45, 2.75) is 38.1 Å². The molecule has 0 bridgehead atoms. The molecule has 2 fully saturated rings. The Labute approximate surface area is 83.1 Å². The Hall–Kier alpha value is -0.900. The number of nitrogens with zero attached hydrogens (tertiary/aromatic N) is 2. The molecular formula is C10H15N3O. The van der Waals surface area contributed by atoms with Crippen molar-refractivity contribution in [1.29, 1.82) is 0 Å². The molecule has 0 unspecified atom stereocenters. The Kier molecular flexibility index (Phi) is 1.54. The van der Waals surface area contributed by atoms with Crippen molar-refractivity contribution >= 4 is 0 Å². The minimum Gasteiger partial charge on any atom is -0.337 e. The maximum atomic E-state index is 5.33. The van der Waals surface area contributed by atoms with E-state index in [1.807, 2.05) is 0 Å². The quantitative estimate of drug-likeness (QED) is 0.771. The predicted octanol–water partition coefficient (Wildman–Crippen LogP) is 1.40. The van der Waals surface area contributed by atoms with Crippen LogP contribution >= 0.6 is 0 Å². The molecule has 0 aromatic carbocycles. The Morgan fingerprint density at radius 1 is 1.57 bits per heavy atom. The smallest absolute Gasteiger partial charge is 0.247 e. The van der Waals surface area contributed by atoms with Crippen LogP contribution in [-0.2, 0) is 5.54 Å². The lowest BCUT2D eigenvalue weighted by atomic mass is 10.2. The maximum absolute atomic E-state index is 5.33. The number of hydrogen-bond donors (Lipinski definition) is 1. The van der Waals surface area contributed by atoms with Gasteiger partial charge in [-0.2, -0.15) is 4.98 Å². The van der Waals surface area contributed by atoms with E-state index in [2.05, 4.69) is 29.3 Å². The monoisotopic (exact) mass is 193 g/mol. The fourth-order valence-electron chi connectivity index (χ4n) is 2.35. The van der Waals surface area contributed by atoms with Crippen molar-refractivity contribution in [2.75, 3.05) is 6.54 Å². The Balaban J connectivity index is 1.90. The minimum absolute atomic E-state index is 0.0696. The number of nitrogens with one attached hydrogen (secondary N) is 1. The number of hydrogen-bond acceptors (Lipinski definition) is 4. The van der Waals surface area contributed by atoms with Gasteiger partial charge in [-0.1, -0.05) is 19.0 Å². The first kappa shape index (κ1) is 8.41. The Morgan fingerprint density at radius 3 is 2.93 bits per heavy atom. The van der Waals surface area contributed by atoms with Gasteiger partial charge in [0.05, 0.1) is 0 Å². The van der Waals surface area contributed by atoms with E-state index < -0.39 is 0 Å². The number of piperidine rings is 1. The molecule has 1 aromatic rings. The summed E-state index contributed by atoms with van der Waals surface area (Å²) >= 11 is 0. The fourth-order valence-corrected chi connectivity index (χ4v) is 2.35. The third kappa shape index (κ3) is 0.974. The summed E-state index contributed by atoms with van der Waals surface area (Å²) in [4.78, 5) is 4.46. The van der Waals surface area contributed by atoms with Crippen LogP contribution in [0, 0.1) is 5.92 Å². The molecule has 4 heteroatoms. The lowest BCUT2D eigenvalue weighted by Gasteiger charge is -2.06. The molecule has 1 aromatic heterocycles. The molecule has 3 rings (SSSR count). The van der Waals surface area contributed by atoms with Gasteiger partial charge in [0.2, 0.25) is 5.89 Å². The first-order chi connectivity index (χ1) is 6.72. The SMILES string of the molecule is CC(C)c1noc([C@]23C[C@H]2CCN3)n1. The third-order valence-corrected chi connectivity index (χ3v) is 3.38. The maximum Gasteiger partial charge on any atom is 0.247 e. The summed E-state index contributed by atoms with van der Waals surface area (Å²) < 4.78 is 5.33. The van der Waals surface area contributed by atoms with E-state index in [1.54, 1.807) is 0 Å². The average molecular weight is 193 g/mol. The lowest BCUT2D eigenvalue weighted by Crippen LogP contribution is -2.25. The first-order valence-corrected chi connectivity index (χ1v) is 5.31. The van der Waals surface area contributed by atoms with Crippen LogP contribution in [0.1, 0.15) is 44.3 Å². The van der Waals surface area contributed by atoms with Crippen molar-refractivity contribution < 1.29 is 4.52 Å². The van der Waals surface area contributed by atoms with Crippen LogP contribution in [0.5, 0.6) is 0 Å². The average Bonchev–Trinajstić information content (AvgIpc) is 2.63. The van der Waals surface area contributed by atoms with Crippen molar-refractivity contribution in [3.05, 3.63) is 11.7 Å². The zero-order valence-electron chi connectivity index (χ0n) is 8.58. The van der Waals surface area contributed by atoms with Gasteiger partial charge in [-0.25, -0.2) is 0 Å². The Morgan fingerprint density at radius 2 is 2.43 bits per heavy atom. The first-order valence-electron chi connectivity index (χ1n) is 5.31. The van der Waals surface area contributed by atoms with Crippen molar-refractivity contribution in [2.24, 2.45) is 5.92 Å². The lowest BCUT2D eigenvalue weighted by molar-refractivity contribution is 0.323. The van der Waals surface area contributed by atoms with Crippen LogP contribution in [0.25, 0.3) is 0 Å². The zero-order valence-corrected chi connectivity index (χ0v) is 8.58. The molecule has 1 saturated carbocycles. The molecule has 1 N–H and O–H groups in total. The van der Waals surface area contributed by atoms with Crippen LogP contribution in [0.4, 0.5) is 0 Å². The molecule has 4 nitrogen and oxygen atoms in total. The van der Waals surface area contributed by atoms with Gasteiger partial charge >= 0.3 is 0 Å². The van der Waals surface area contributed by atoms with Crippen molar-refractivity contribution in [3.8, 4) is 0 Å².